The second-order valence-electron chi connectivity index (χ2n) is 7.17. The maximum atomic E-state index is 12.1. The molecule has 0 aromatic carbocycles. The second kappa shape index (κ2) is 6.38. The molecule has 1 aromatic rings. The maximum Gasteiger partial charge on any atom is 0.136 e. The third-order valence-corrected chi connectivity index (χ3v) is 5.18. The zero-order valence-corrected chi connectivity index (χ0v) is 14.1. The number of carbonyl (C=O) groups is 1. The molecule has 1 aliphatic carbocycles. The lowest BCUT2D eigenvalue weighted by Gasteiger charge is -2.27. The number of aromatic nitrogens is 1. The van der Waals surface area contributed by atoms with Crippen LogP contribution in [0.2, 0.25) is 0 Å². The number of ketones is 1. The van der Waals surface area contributed by atoms with Crippen LogP contribution in [0.4, 0.5) is 0 Å². The third-order valence-electron chi connectivity index (χ3n) is 4.31. The minimum absolute atomic E-state index is 0.107. The third kappa shape index (κ3) is 3.91. The van der Waals surface area contributed by atoms with Crippen LogP contribution in [-0.4, -0.2) is 10.8 Å². The molecule has 2 unspecified atom stereocenters. The van der Waals surface area contributed by atoms with Gasteiger partial charge >= 0.3 is 0 Å². The molecule has 112 valence electrons. The van der Waals surface area contributed by atoms with E-state index in [2.05, 4.69) is 33.1 Å². The van der Waals surface area contributed by atoms with Gasteiger partial charge < -0.3 is 0 Å². The number of thiazole rings is 1. The lowest BCUT2D eigenvalue weighted by Crippen LogP contribution is -2.26. The van der Waals surface area contributed by atoms with E-state index in [9.17, 15) is 4.79 Å². The van der Waals surface area contributed by atoms with Crippen molar-refractivity contribution in [1.82, 2.24) is 4.98 Å². The van der Waals surface area contributed by atoms with E-state index in [0.717, 1.165) is 42.3 Å². The van der Waals surface area contributed by atoms with Crippen molar-refractivity contribution < 1.29 is 4.79 Å². The van der Waals surface area contributed by atoms with Gasteiger partial charge in [0.2, 0.25) is 0 Å². The molecular formula is C17H27NOS. The quantitative estimate of drug-likeness (QED) is 0.800. The molecule has 2 rings (SSSR count). The van der Waals surface area contributed by atoms with Gasteiger partial charge in [-0.15, -0.1) is 11.3 Å². The van der Waals surface area contributed by atoms with Crippen LogP contribution in [0.1, 0.15) is 70.5 Å². The molecule has 1 saturated carbocycles. The highest BCUT2D eigenvalue weighted by Crippen LogP contribution is 2.33. The van der Waals surface area contributed by atoms with Gasteiger partial charge in [0, 0.05) is 29.6 Å². The minimum atomic E-state index is 0.107. The van der Waals surface area contributed by atoms with E-state index in [-0.39, 0.29) is 11.3 Å². The zero-order chi connectivity index (χ0) is 14.8. The highest BCUT2D eigenvalue weighted by Gasteiger charge is 2.29. The Bertz CT molecular complexity index is 458. The highest BCUT2D eigenvalue weighted by molar-refractivity contribution is 7.09. The average molecular weight is 293 g/mol. The molecule has 20 heavy (non-hydrogen) atoms. The predicted molar refractivity (Wildman–Crippen MR) is 85.3 cm³/mol. The van der Waals surface area contributed by atoms with Gasteiger partial charge in [0.15, 0.2) is 0 Å². The molecule has 3 heteroatoms. The molecule has 1 fully saturated rings. The van der Waals surface area contributed by atoms with Crippen molar-refractivity contribution in [3.63, 3.8) is 0 Å². The van der Waals surface area contributed by atoms with E-state index >= 15 is 0 Å². The van der Waals surface area contributed by atoms with Gasteiger partial charge in [0.05, 0.1) is 10.7 Å². The molecule has 0 N–H and O–H groups in total. The molecule has 0 saturated heterocycles. The van der Waals surface area contributed by atoms with Crippen molar-refractivity contribution >= 4 is 17.1 Å². The number of Topliss-reactive ketones (excluding diaryl/α,β-unsaturated/α-hetero) is 1. The fraction of sp³-hybridized carbons (Fsp3) is 0.765. The van der Waals surface area contributed by atoms with Crippen molar-refractivity contribution in [2.75, 3.05) is 0 Å². The summed E-state index contributed by atoms with van der Waals surface area (Å²) in [6.45, 7) is 8.81. The molecule has 0 spiro atoms. The average Bonchev–Trinajstić information content (AvgIpc) is 2.82. The molecular weight excluding hydrogens is 266 g/mol. The van der Waals surface area contributed by atoms with Gasteiger partial charge in [0.1, 0.15) is 5.78 Å². The van der Waals surface area contributed by atoms with E-state index in [1.807, 2.05) is 0 Å². The fourth-order valence-corrected chi connectivity index (χ4v) is 4.13. The predicted octanol–water partition coefficient (Wildman–Crippen LogP) is 4.77. The Morgan fingerprint density at radius 2 is 2.15 bits per heavy atom. The summed E-state index contributed by atoms with van der Waals surface area (Å²) in [6.07, 6.45) is 6.34. The first-order valence-corrected chi connectivity index (χ1v) is 8.75. The topological polar surface area (TPSA) is 30.0 Å². The second-order valence-corrected chi connectivity index (χ2v) is 8.12. The first-order valence-electron chi connectivity index (χ1n) is 7.87. The summed E-state index contributed by atoms with van der Waals surface area (Å²) in [6, 6.07) is 0. The van der Waals surface area contributed by atoms with Crippen LogP contribution >= 0.6 is 11.3 Å². The van der Waals surface area contributed by atoms with E-state index in [4.69, 9.17) is 4.98 Å². The molecule has 0 aliphatic heterocycles. The first-order chi connectivity index (χ1) is 9.40. The Hall–Kier alpha value is -0.700. The van der Waals surface area contributed by atoms with E-state index in [1.54, 1.807) is 11.3 Å². The van der Waals surface area contributed by atoms with Crippen molar-refractivity contribution in [3.8, 4) is 0 Å². The molecule has 0 amide bonds. The summed E-state index contributed by atoms with van der Waals surface area (Å²) in [7, 11) is 0. The number of nitrogens with zero attached hydrogens (tertiary/aromatic N) is 1. The van der Waals surface area contributed by atoms with Crippen LogP contribution in [-0.2, 0) is 16.6 Å². The van der Waals surface area contributed by atoms with Gasteiger partial charge in [-0.25, -0.2) is 4.98 Å². The highest BCUT2D eigenvalue weighted by atomic mass is 32.1. The molecule has 0 bridgehead atoms. The van der Waals surface area contributed by atoms with E-state index in [0.29, 0.717) is 5.78 Å². The number of hydrogen-bond donors (Lipinski definition) is 0. The lowest BCUT2D eigenvalue weighted by atomic mass is 9.77. The molecule has 1 heterocycles. The van der Waals surface area contributed by atoms with Crippen molar-refractivity contribution in [2.24, 2.45) is 11.8 Å². The van der Waals surface area contributed by atoms with E-state index in [1.165, 1.54) is 12.8 Å². The van der Waals surface area contributed by atoms with Crippen LogP contribution in [0.3, 0.4) is 0 Å². The van der Waals surface area contributed by atoms with Gasteiger partial charge in [-0.05, 0) is 18.8 Å². The molecule has 2 atom stereocenters. The Labute approximate surface area is 127 Å². The summed E-state index contributed by atoms with van der Waals surface area (Å²) in [5.74, 6) is 1.44. The van der Waals surface area contributed by atoms with Gasteiger partial charge in [-0.1, -0.05) is 40.5 Å². The van der Waals surface area contributed by atoms with Crippen molar-refractivity contribution in [1.29, 1.82) is 0 Å². The normalized spacial score (nSPS) is 24.1. The Morgan fingerprint density at radius 3 is 2.75 bits per heavy atom. The molecule has 1 aromatic heterocycles. The summed E-state index contributed by atoms with van der Waals surface area (Å²) in [5, 5.41) is 3.30. The van der Waals surface area contributed by atoms with Crippen LogP contribution in [0, 0.1) is 11.8 Å². The fourth-order valence-electron chi connectivity index (χ4n) is 3.03. The van der Waals surface area contributed by atoms with Crippen LogP contribution in [0.15, 0.2) is 5.38 Å². The molecule has 2 nitrogen and oxygen atoms in total. The Morgan fingerprint density at radius 1 is 1.40 bits per heavy atom. The summed E-state index contributed by atoms with van der Waals surface area (Å²) in [5.41, 5.74) is 1.27. The Balaban J connectivity index is 2.00. The number of hydrogen-bond acceptors (Lipinski definition) is 3. The first kappa shape index (κ1) is 15.7. The number of rotatable bonds is 4. The monoisotopic (exact) mass is 293 g/mol. The summed E-state index contributed by atoms with van der Waals surface area (Å²) >= 11 is 1.72. The van der Waals surface area contributed by atoms with Crippen LogP contribution < -0.4 is 0 Å². The molecule has 1 aliphatic rings. The van der Waals surface area contributed by atoms with Gasteiger partial charge in [0.25, 0.3) is 0 Å². The van der Waals surface area contributed by atoms with Gasteiger partial charge in [-0.3, -0.25) is 4.79 Å². The summed E-state index contributed by atoms with van der Waals surface area (Å²) in [4.78, 5) is 16.9. The maximum absolute atomic E-state index is 12.1. The SMILES string of the molecule is CCCC1CCC(=O)C(Cc2nc(C(C)(C)C)cs2)C1. The minimum Gasteiger partial charge on any atom is -0.299 e. The van der Waals surface area contributed by atoms with Crippen LogP contribution in [0.25, 0.3) is 0 Å². The van der Waals surface area contributed by atoms with Crippen molar-refractivity contribution in [3.05, 3.63) is 16.1 Å². The lowest BCUT2D eigenvalue weighted by molar-refractivity contribution is -0.125. The van der Waals surface area contributed by atoms with Crippen LogP contribution in [0.5, 0.6) is 0 Å². The smallest absolute Gasteiger partial charge is 0.136 e. The largest absolute Gasteiger partial charge is 0.299 e. The summed E-state index contributed by atoms with van der Waals surface area (Å²) < 4.78 is 0. The number of carbonyl (C=O) groups excluding carboxylic acids is 1. The van der Waals surface area contributed by atoms with Gasteiger partial charge in [-0.2, -0.15) is 0 Å². The Kier molecular flexibility index (Phi) is 5.00. The zero-order valence-electron chi connectivity index (χ0n) is 13.2. The van der Waals surface area contributed by atoms with E-state index < -0.39 is 0 Å². The van der Waals surface area contributed by atoms with Crippen molar-refractivity contribution in [2.45, 2.75) is 71.6 Å². The molecule has 0 radical (unpaired) electrons. The standard InChI is InChI=1S/C17H27NOS/c1-5-6-12-7-8-14(19)13(9-12)10-16-18-15(11-20-16)17(2,3)4/h11-13H,5-10H2,1-4H3.